The Bertz CT molecular complexity index is 748. The van der Waals surface area contributed by atoms with Gasteiger partial charge in [0.2, 0.25) is 0 Å². The molecule has 0 aliphatic carbocycles. The lowest BCUT2D eigenvalue weighted by molar-refractivity contribution is 0.167. The number of carbonyl (C=O) groups is 1. The molecule has 0 unspecified atom stereocenters. The lowest BCUT2D eigenvalue weighted by Gasteiger charge is -2.33. The fraction of sp³-hybridized carbons (Fsp3) is 0.455. The molecule has 28 heavy (non-hydrogen) atoms. The minimum atomic E-state index is 0.0462. The second-order valence-electron chi connectivity index (χ2n) is 7.65. The number of piperidine rings is 1. The van der Waals surface area contributed by atoms with Crippen LogP contribution in [0.2, 0.25) is 0 Å². The fourth-order valence-corrected chi connectivity index (χ4v) is 3.95. The third-order valence-corrected chi connectivity index (χ3v) is 5.52. The average molecular weight is 380 g/mol. The number of rotatable bonds is 5. The average Bonchev–Trinajstić information content (AvgIpc) is 3.20. The number of urea groups is 1. The molecule has 4 rings (SSSR count). The van der Waals surface area contributed by atoms with Gasteiger partial charge in [-0.25, -0.2) is 4.79 Å². The van der Waals surface area contributed by atoms with E-state index in [1.807, 2.05) is 47.5 Å². The van der Waals surface area contributed by atoms with Crippen molar-refractivity contribution in [3.05, 3.63) is 60.4 Å². The van der Waals surface area contributed by atoms with Gasteiger partial charge in [0.15, 0.2) is 0 Å². The topological polar surface area (TPSA) is 57.7 Å². The summed E-state index contributed by atoms with van der Waals surface area (Å²) in [6.45, 7) is 4.34. The Balaban J connectivity index is 1.19. The number of hydrogen-bond donors (Lipinski definition) is 1. The van der Waals surface area contributed by atoms with Gasteiger partial charge in [0.1, 0.15) is 11.9 Å². The predicted molar refractivity (Wildman–Crippen MR) is 108 cm³/mol. The van der Waals surface area contributed by atoms with E-state index in [2.05, 4.69) is 21.3 Å². The Labute approximate surface area is 166 Å². The third-order valence-electron chi connectivity index (χ3n) is 5.52. The molecule has 2 saturated heterocycles. The van der Waals surface area contributed by atoms with Crippen molar-refractivity contribution in [3.63, 3.8) is 0 Å². The monoisotopic (exact) mass is 380 g/mol. The Morgan fingerprint density at radius 3 is 2.64 bits per heavy atom. The first-order valence-electron chi connectivity index (χ1n) is 10.1. The summed E-state index contributed by atoms with van der Waals surface area (Å²) in [6, 6.07) is 14.2. The van der Waals surface area contributed by atoms with Gasteiger partial charge in [-0.05, 0) is 36.6 Å². The zero-order chi connectivity index (χ0) is 19.2. The van der Waals surface area contributed by atoms with Crippen LogP contribution < -0.4 is 10.1 Å². The van der Waals surface area contributed by atoms with E-state index in [1.165, 1.54) is 5.56 Å². The highest BCUT2D eigenvalue weighted by atomic mass is 16.5. The number of aromatic nitrogens is 1. The molecule has 2 aliphatic rings. The van der Waals surface area contributed by atoms with Gasteiger partial charge in [-0.2, -0.15) is 0 Å². The molecule has 2 aliphatic heterocycles. The van der Waals surface area contributed by atoms with Crippen molar-refractivity contribution >= 4 is 6.03 Å². The van der Waals surface area contributed by atoms with Crippen LogP contribution in [0, 0.1) is 0 Å². The number of carbonyl (C=O) groups excluding carboxylic acids is 1. The van der Waals surface area contributed by atoms with Crippen molar-refractivity contribution in [1.82, 2.24) is 20.1 Å². The van der Waals surface area contributed by atoms with E-state index in [1.54, 1.807) is 6.20 Å². The number of likely N-dealkylation sites (tertiary alicyclic amines) is 2. The summed E-state index contributed by atoms with van der Waals surface area (Å²) in [5, 5.41) is 3.22. The van der Waals surface area contributed by atoms with Crippen molar-refractivity contribution in [2.45, 2.75) is 38.0 Å². The van der Waals surface area contributed by atoms with E-state index in [9.17, 15) is 4.79 Å². The van der Waals surface area contributed by atoms with Crippen LogP contribution in [0.3, 0.4) is 0 Å². The fourth-order valence-electron chi connectivity index (χ4n) is 3.95. The minimum absolute atomic E-state index is 0.0462. The molecule has 0 saturated carbocycles. The number of pyridine rings is 1. The molecule has 0 radical (unpaired) electrons. The summed E-state index contributed by atoms with van der Waals surface area (Å²) in [6.07, 6.45) is 6.67. The van der Waals surface area contributed by atoms with Crippen molar-refractivity contribution in [2.24, 2.45) is 0 Å². The largest absolute Gasteiger partial charge is 0.489 e. The second-order valence-corrected chi connectivity index (χ2v) is 7.65. The summed E-state index contributed by atoms with van der Waals surface area (Å²) < 4.78 is 5.98. The molecule has 2 amide bonds. The number of amides is 2. The van der Waals surface area contributed by atoms with E-state index >= 15 is 0 Å². The first kappa shape index (κ1) is 18.7. The Morgan fingerprint density at radius 2 is 1.89 bits per heavy atom. The number of nitrogens with zero attached hydrogens (tertiary/aromatic N) is 3. The lowest BCUT2D eigenvalue weighted by Crippen LogP contribution is -2.48. The maximum atomic E-state index is 12.6. The molecule has 1 aromatic heterocycles. The first-order chi connectivity index (χ1) is 13.8. The standard InChI is InChI=1S/C22H28N4O2/c27-22(26-14-10-21(17-26)28-20-6-2-1-3-7-20)24-19-8-12-25(13-9-19)16-18-5-4-11-23-15-18/h1-7,11,15,19,21H,8-10,12-14,16-17H2,(H,24,27)/t21-/m0/s1. The van der Waals surface area contributed by atoms with E-state index in [0.717, 1.165) is 51.2 Å². The molecule has 6 nitrogen and oxygen atoms in total. The van der Waals surface area contributed by atoms with E-state index in [-0.39, 0.29) is 18.2 Å². The van der Waals surface area contributed by atoms with Crippen molar-refractivity contribution < 1.29 is 9.53 Å². The van der Waals surface area contributed by atoms with Crippen molar-refractivity contribution in [3.8, 4) is 5.75 Å². The Hall–Kier alpha value is -2.60. The number of para-hydroxylation sites is 1. The molecule has 1 aromatic carbocycles. The molecular formula is C22H28N4O2. The predicted octanol–water partition coefficient (Wildman–Crippen LogP) is 2.91. The quantitative estimate of drug-likeness (QED) is 0.867. The van der Waals surface area contributed by atoms with Gasteiger partial charge in [0, 0.05) is 51.0 Å². The zero-order valence-electron chi connectivity index (χ0n) is 16.2. The SMILES string of the molecule is O=C(NC1CCN(Cc2cccnc2)CC1)N1CC[C@H](Oc2ccccc2)C1. The number of benzene rings is 1. The molecule has 3 heterocycles. The molecule has 6 heteroatoms. The maximum absolute atomic E-state index is 12.6. The van der Waals surface area contributed by atoms with Crippen LogP contribution >= 0.6 is 0 Å². The summed E-state index contributed by atoms with van der Waals surface area (Å²) in [7, 11) is 0. The summed E-state index contributed by atoms with van der Waals surface area (Å²) in [5.41, 5.74) is 1.24. The van der Waals surface area contributed by atoms with Gasteiger partial charge < -0.3 is 15.0 Å². The highest BCUT2D eigenvalue weighted by Crippen LogP contribution is 2.19. The number of nitrogens with one attached hydrogen (secondary N) is 1. The Morgan fingerprint density at radius 1 is 1.07 bits per heavy atom. The van der Waals surface area contributed by atoms with E-state index < -0.39 is 0 Å². The number of hydrogen-bond acceptors (Lipinski definition) is 4. The minimum Gasteiger partial charge on any atom is -0.489 e. The van der Waals surface area contributed by atoms with Crippen LogP contribution in [0.1, 0.15) is 24.8 Å². The van der Waals surface area contributed by atoms with Crippen LogP contribution in [0.5, 0.6) is 5.75 Å². The molecular weight excluding hydrogens is 352 g/mol. The number of ether oxygens (including phenoxy) is 1. The highest BCUT2D eigenvalue weighted by molar-refractivity contribution is 5.74. The van der Waals surface area contributed by atoms with Crippen LogP contribution in [0.25, 0.3) is 0 Å². The first-order valence-corrected chi connectivity index (χ1v) is 10.1. The van der Waals surface area contributed by atoms with Crippen LogP contribution in [-0.4, -0.2) is 59.1 Å². The molecule has 2 aromatic rings. The van der Waals surface area contributed by atoms with E-state index in [4.69, 9.17) is 4.74 Å². The molecule has 0 bridgehead atoms. The molecule has 2 fully saturated rings. The van der Waals surface area contributed by atoms with Gasteiger partial charge in [-0.3, -0.25) is 9.88 Å². The van der Waals surface area contributed by atoms with Gasteiger partial charge in [-0.1, -0.05) is 24.3 Å². The van der Waals surface area contributed by atoms with Crippen molar-refractivity contribution in [2.75, 3.05) is 26.2 Å². The van der Waals surface area contributed by atoms with Crippen molar-refractivity contribution in [1.29, 1.82) is 0 Å². The molecule has 148 valence electrons. The lowest BCUT2D eigenvalue weighted by atomic mass is 10.0. The van der Waals surface area contributed by atoms with Gasteiger partial charge in [-0.15, -0.1) is 0 Å². The molecule has 0 spiro atoms. The zero-order valence-corrected chi connectivity index (χ0v) is 16.2. The summed E-state index contributed by atoms with van der Waals surface area (Å²) >= 11 is 0. The van der Waals surface area contributed by atoms with Gasteiger partial charge >= 0.3 is 6.03 Å². The molecule has 1 N–H and O–H groups in total. The molecule has 1 atom stereocenters. The summed E-state index contributed by atoms with van der Waals surface area (Å²) in [5.74, 6) is 0.871. The third kappa shape index (κ3) is 5.01. The van der Waals surface area contributed by atoms with Crippen LogP contribution in [0.4, 0.5) is 4.79 Å². The normalized spacial score (nSPS) is 20.9. The highest BCUT2D eigenvalue weighted by Gasteiger charge is 2.29. The van der Waals surface area contributed by atoms with Gasteiger partial charge in [0.05, 0.1) is 6.54 Å². The smallest absolute Gasteiger partial charge is 0.317 e. The van der Waals surface area contributed by atoms with Gasteiger partial charge in [0.25, 0.3) is 0 Å². The second kappa shape index (κ2) is 9.06. The Kier molecular flexibility index (Phi) is 6.07. The van der Waals surface area contributed by atoms with Crippen LogP contribution in [0.15, 0.2) is 54.9 Å². The maximum Gasteiger partial charge on any atom is 0.317 e. The van der Waals surface area contributed by atoms with E-state index in [0.29, 0.717) is 6.54 Å². The van der Waals surface area contributed by atoms with Crippen LogP contribution in [-0.2, 0) is 6.54 Å². The summed E-state index contributed by atoms with van der Waals surface area (Å²) in [4.78, 5) is 21.1.